The smallest absolute Gasteiger partial charge is 0.274 e. The van der Waals surface area contributed by atoms with E-state index < -0.39 is 10.0 Å². The molecule has 224 valence electrons. The Labute approximate surface area is 246 Å². The number of sulfonamides is 1. The van der Waals surface area contributed by atoms with Gasteiger partial charge in [-0.1, -0.05) is 37.6 Å². The van der Waals surface area contributed by atoms with Gasteiger partial charge in [0.2, 0.25) is 21.8 Å². The lowest BCUT2D eigenvalue weighted by Crippen LogP contribution is -2.50. The molecule has 0 saturated heterocycles. The number of rotatable bonds is 5. The summed E-state index contributed by atoms with van der Waals surface area (Å²) in [5.41, 5.74) is 1.99. The average Bonchev–Trinajstić information content (AvgIpc) is 3.25. The second-order valence-electron chi connectivity index (χ2n) is 11.2. The first-order valence-electron chi connectivity index (χ1n) is 14.0. The van der Waals surface area contributed by atoms with Crippen LogP contribution < -0.4 is 5.32 Å². The van der Waals surface area contributed by atoms with Crippen molar-refractivity contribution in [2.24, 2.45) is 13.0 Å². The second kappa shape index (κ2) is 12.9. The number of hydrogen-bond donors (Lipinski definition) is 1. The molecule has 2 bridgehead atoms. The van der Waals surface area contributed by atoms with Crippen LogP contribution in [0.4, 0.5) is 0 Å². The number of amides is 3. The van der Waals surface area contributed by atoms with Crippen molar-refractivity contribution in [1.29, 1.82) is 0 Å². The van der Waals surface area contributed by atoms with E-state index in [0.717, 1.165) is 22.0 Å². The predicted molar refractivity (Wildman–Crippen MR) is 155 cm³/mol. The van der Waals surface area contributed by atoms with Crippen molar-refractivity contribution >= 4 is 39.3 Å². The number of benzene rings is 1. The first-order chi connectivity index (χ1) is 19.4. The van der Waals surface area contributed by atoms with E-state index in [0.29, 0.717) is 31.7 Å². The van der Waals surface area contributed by atoms with Crippen LogP contribution in [-0.4, -0.2) is 95.8 Å². The Morgan fingerprint density at radius 2 is 1.85 bits per heavy atom. The van der Waals surface area contributed by atoms with Crippen LogP contribution in [-0.2, 0) is 39.5 Å². The lowest BCUT2D eigenvalue weighted by atomic mass is 9.89. The number of fused-ring (bicyclic) bond motifs is 1. The highest BCUT2D eigenvalue weighted by molar-refractivity contribution is 7.89. The van der Waals surface area contributed by atoms with Crippen LogP contribution in [0.1, 0.15) is 54.9 Å². The molecule has 1 N–H and O–H groups in total. The van der Waals surface area contributed by atoms with Gasteiger partial charge >= 0.3 is 0 Å². The molecule has 1 aromatic heterocycles. The van der Waals surface area contributed by atoms with Gasteiger partial charge in [0.05, 0.1) is 18.1 Å². The molecular formula is C28H39ClN6O5S. The Kier molecular flexibility index (Phi) is 9.76. The number of nitrogens with one attached hydrogen (secondary N) is 1. The highest BCUT2D eigenvalue weighted by Crippen LogP contribution is 2.29. The summed E-state index contributed by atoms with van der Waals surface area (Å²) in [7, 11) is -0.756. The van der Waals surface area contributed by atoms with E-state index in [-0.39, 0.29) is 72.0 Å². The van der Waals surface area contributed by atoms with Crippen LogP contribution in [0.2, 0.25) is 5.02 Å². The van der Waals surface area contributed by atoms with Crippen LogP contribution in [0, 0.1) is 5.92 Å². The number of aromatic nitrogens is 2. The number of aryl methyl sites for hydroxylation is 1. The normalized spacial score (nSPS) is 20.0. The summed E-state index contributed by atoms with van der Waals surface area (Å²) in [5.74, 6) is -0.688. The molecule has 3 amide bonds. The molecular weight excluding hydrogens is 568 g/mol. The Bertz CT molecular complexity index is 1410. The monoisotopic (exact) mass is 606 g/mol. The molecule has 4 rings (SSSR count). The number of halogens is 1. The molecule has 1 aliphatic carbocycles. The van der Waals surface area contributed by atoms with E-state index in [1.54, 1.807) is 35.8 Å². The largest absolute Gasteiger partial charge is 0.355 e. The van der Waals surface area contributed by atoms with Crippen molar-refractivity contribution < 1.29 is 22.8 Å². The van der Waals surface area contributed by atoms with E-state index in [4.69, 9.17) is 11.6 Å². The Morgan fingerprint density at radius 1 is 1.12 bits per heavy atom. The van der Waals surface area contributed by atoms with Gasteiger partial charge in [0.1, 0.15) is 4.90 Å². The number of carbonyl (C=O) groups is 3. The molecule has 2 aliphatic rings. The highest BCUT2D eigenvalue weighted by atomic mass is 35.5. The maximum Gasteiger partial charge on any atom is 0.274 e. The minimum absolute atomic E-state index is 0.00787. The zero-order valence-electron chi connectivity index (χ0n) is 24.1. The Balaban J connectivity index is 1.74. The lowest BCUT2D eigenvalue weighted by molar-refractivity contribution is -0.134. The quantitative estimate of drug-likeness (QED) is 0.556. The third-order valence-electron chi connectivity index (χ3n) is 7.74. The molecule has 1 unspecified atom stereocenters. The lowest BCUT2D eigenvalue weighted by Gasteiger charge is -2.36. The minimum Gasteiger partial charge on any atom is -0.355 e. The van der Waals surface area contributed by atoms with Crippen molar-refractivity contribution in [3.63, 3.8) is 0 Å². The second-order valence-corrected chi connectivity index (χ2v) is 13.5. The van der Waals surface area contributed by atoms with E-state index in [2.05, 4.69) is 24.3 Å². The third kappa shape index (κ3) is 6.92. The van der Waals surface area contributed by atoms with Crippen molar-refractivity contribution in [2.75, 3.05) is 39.8 Å². The van der Waals surface area contributed by atoms with Gasteiger partial charge < -0.3 is 15.1 Å². The minimum atomic E-state index is -4.11. The predicted octanol–water partition coefficient (Wildman–Crippen LogP) is 2.09. The molecule has 0 radical (unpaired) electrons. The third-order valence-corrected chi connectivity index (χ3v) is 10.1. The van der Waals surface area contributed by atoms with Gasteiger partial charge in [-0.25, -0.2) is 8.42 Å². The van der Waals surface area contributed by atoms with E-state index in [1.807, 2.05) is 0 Å². The van der Waals surface area contributed by atoms with Gasteiger partial charge in [0, 0.05) is 51.0 Å². The Hall–Kier alpha value is -2.96. The fourth-order valence-electron chi connectivity index (χ4n) is 5.44. The number of hydrogen-bond acceptors (Lipinski definition) is 6. The maximum atomic E-state index is 14.0. The number of nitrogens with zero attached hydrogens (tertiary/aromatic N) is 5. The molecule has 1 atom stereocenters. The van der Waals surface area contributed by atoms with Crippen LogP contribution in [0.3, 0.4) is 0 Å². The fraction of sp³-hybridized carbons (Fsp3) is 0.571. The molecule has 0 saturated carbocycles. The molecule has 1 aliphatic heterocycles. The highest BCUT2D eigenvalue weighted by Gasteiger charge is 2.36. The summed E-state index contributed by atoms with van der Waals surface area (Å²) in [6.45, 7) is 4.29. The summed E-state index contributed by atoms with van der Waals surface area (Å²) in [5, 5.41) is 7.33. The maximum absolute atomic E-state index is 14.0. The average molecular weight is 607 g/mol. The van der Waals surface area contributed by atoms with Gasteiger partial charge in [-0.3, -0.25) is 19.1 Å². The first-order valence-corrected chi connectivity index (χ1v) is 15.8. The van der Waals surface area contributed by atoms with E-state index >= 15 is 0 Å². The summed E-state index contributed by atoms with van der Waals surface area (Å²) < 4.78 is 30.4. The van der Waals surface area contributed by atoms with Gasteiger partial charge in [0.25, 0.3) is 5.91 Å². The summed E-state index contributed by atoms with van der Waals surface area (Å²) in [6.07, 6.45) is 2.72. The Morgan fingerprint density at radius 3 is 2.56 bits per heavy atom. The van der Waals surface area contributed by atoms with Crippen molar-refractivity contribution in [3.05, 3.63) is 46.2 Å². The molecule has 11 nitrogen and oxygen atoms in total. The van der Waals surface area contributed by atoms with E-state index in [1.165, 1.54) is 17.0 Å². The molecule has 13 heteroatoms. The van der Waals surface area contributed by atoms with Gasteiger partial charge in [-0.05, 0) is 50.2 Å². The molecule has 0 spiro atoms. The zero-order valence-corrected chi connectivity index (χ0v) is 25.7. The molecule has 41 heavy (non-hydrogen) atoms. The van der Waals surface area contributed by atoms with Crippen LogP contribution in [0.25, 0.3) is 0 Å². The van der Waals surface area contributed by atoms with Crippen LogP contribution in [0.15, 0.2) is 29.2 Å². The molecule has 0 fully saturated rings. The number of likely N-dealkylation sites (N-methyl/N-ethyl adjacent to an activating group) is 1. The van der Waals surface area contributed by atoms with Gasteiger partial charge in [-0.2, -0.15) is 9.40 Å². The first kappa shape index (κ1) is 31.0. The SMILES string of the molecule is CC(C)CCN1C(=O)CN(S(=O)(=O)c2ccccc2Cl)CCCNC(=O)CN(C)C(=O)c2nn(C)c3c2CC1CC3. The molecule has 1 aromatic carbocycles. The van der Waals surface area contributed by atoms with E-state index in [9.17, 15) is 22.8 Å². The van der Waals surface area contributed by atoms with Gasteiger partial charge in [-0.15, -0.1) is 0 Å². The van der Waals surface area contributed by atoms with Crippen molar-refractivity contribution in [3.8, 4) is 0 Å². The van der Waals surface area contributed by atoms with Gasteiger partial charge in [0.15, 0.2) is 5.69 Å². The standard InChI is InChI=1S/C28H39ClN6O5S/c1-19(2)12-15-35-20-10-11-23-21(16-20)27(31-33(23)4)28(38)32(3)17-25(36)30-13-7-14-34(18-26(35)37)41(39,40)24-9-6-5-8-22(24)29/h5-6,8-9,19-20H,7,10-18H2,1-4H3,(H,30,36). The summed E-state index contributed by atoms with van der Waals surface area (Å²) >= 11 is 6.28. The summed E-state index contributed by atoms with van der Waals surface area (Å²) in [4.78, 5) is 43.0. The molecule has 2 aromatic rings. The topological polar surface area (TPSA) is 125 Å². The van der Waals surface area contributed by atoms with Crippen LogP contribution in [0.5, 0.6) is 0 Å². The molecule has 2 heterocycles. The summed E-state index contributed by atoms with van der Waals surface area (Å²) in [6, 6.07) is 5.95. The van der Waals surface area contributed by atoms with Crippen LogP contribution >= 0.6 is 11.6 Å². The fourth-order valence-corrected chi connectivity index (χ4v) is 7.36. The van der Waals surface area contributed by atoms with Crippen molar-refractivity contribution in [1.82, 2.24) is 29.2 Å². The zero-order chi connectivity index (χ0) is 29.9. The number of carbonyl (C=O) groups excluding carboxylic acids is 3. The van der Waals surface area contributed by atoms with Crippen molar-refractivity contribution in [2.45, 2.75) is 56.9 Å².